The van der Waals surface area contributed by atoms with Crippen molar-refractivity contribution in [1.82, 2.24) is 0 Å². The van der Waals surface area contributed by atoms with Crippen molar-refractivity contribution in [2.45, 2.75) is 39.5 Å². The molecule has 1 aliphatic rings. The zero-order valence-electron chi connectivity index (χ0n) is 22.1. The third kappa shape index (κ3) is 5.55. The number of anilines is 4. The molecule has 0 bridgehead atoms. The molecule has 0 aromatic heterocycles. The second kappa shape index (κ2) is 11.5. The van der Waals surface area contributed by atoms with Crippen molar-refractivity contribution in [2.75, 3.05) is 9.80 Å². The van der Waals surface area contributed by atoms with Crippen LogP contribution in [-0.2, 0) is 9.59 Å². The topological polar surface area (TPSA) is 40.6 Å². The number of rotatable bonds is 6. The van der Waals surface area contributed by atoms with Gasteiger partial charge in [-0.15, -0.1) is 0 Å². The van der Waals surface area contributed by atoms with E-state index in [-0.39, 0.29) is 23.7 Å². The Morgan fingerprint density at radius 2 is 0.842 bits per heavy atom. The summed E-state index contributed by atoms with van der Waals surface area (Å²) >= 11 is 0. The molecule has 1 aliphatic carbocycles. The standard InChI is InChI=1S/C34H34N2O2/c1-25-11-9-17-31(23-25)35(29-13-5-3-6-14-29)33(37)27-19-21-28(22-20-27)34(38)36(30-15-7-4-8-16-30)32-18-10-12-26(2)24-32/h3-18,23-24,27-28H,19-22H2,1-2H3. The number of aryl methyl sites for hydroxylation is 2. The van der Waals surface area contributed by atoms with Crippen LogP contribution in [0.25, 0.3) is 0 Å². The number of hydrogen-bond acceptors (Lipinski definition) is 2. The molecule has 0 saturated heterocycles. The zero-order chi connectivity index (χ0) is 26.5. The van der Waals surface area contributed by atoms with Gasteiger partial charge in [0.15, 0.2) is 0 Å². The third-order valence-electron chi connectivity index (χ3n) is 7.41. The van der Waals surface area contributed by atoms with Crippen LogP contribution in [0.2, 0.25) is 0 Å². The van der Waals surface area contributed by atoms with Crippen molar-refractivity contribution >= 4 is 34.6 Å². The Bertz CT molecular complexity index is 1280. The molecule has 1 fully saturated rings. The van der Waals surface area contributed by atoms with Gasteiger partial charge in [-0.05, 0) is 99.2 Å². The summed E-state index contributed by atoms with van der Waals surface area (Å²) in [6, 6.07) is 35.9. The highest BCUT2D eigenvalue weighted by molar-refractivity contribution is 6.03. The van der Waals surface area contributed by atoms with Crippen LogP contribution in [0.1, 0.15) is 36.8 Å². The highest BCUT2D eigenvalue weighted by Crippen LogP contribution is 2.37. The maximum atomic E-state index is 13.9. The van der Waals surface area contributed by atoms with Gasteiger partial charge >= 0.3 is 0 Å². The third-order valence-corrected chi connectivity index (χ3v) is 7.41. The molecule has 0 aliphatic heterocycles. The minimum absolute atomic E-state index is 0.103. The van der Waals surface area contributed by atoms with E-state index < -0.39 is 0 Å². The number of para-hydroxylation sites is 2. The Morgan fingerprint density at radius 1 is 0.500 bits per heavy atom. The van der Waals surface area contributed by atoms with Crippen LogP contribution in [0, 0.1) is 25.7 Å². The first-order valence-electron chi connectivity index (χ1n) is 13.4. The van der Waals surface area contributed by atoms with Gasteiger partial charge < -0.3 is 0 Å². The molecule has 0 unspecified atom stereocenters. The van der Waals surface area contributed by atoms with Gasteiger partial charge in [-0.25, -0.2) is 0 Å². The molecule has 0 atom stereocenters. The molecule has 2 amide bonds. The predicted octanol–water partition coefficient (Wildman–Crippen LogP) is 8.14. The molecule has 4 heteroatoms. The summed E-state index contributed by atoms with van der Waals surface area (Å²) < 4.78 is 0. The molecule has 0 spiro atoms. The number of hydrogen-bond donors (Lipinski definition) is 0. The number of amides is 2. The van der Waals surface area contributed by atoms with Crippen molar-refractivity contribution in [3.05, 3.63) is 120 Å². The summed E-state index contributed by atoms with van der Waals surface area (Å²) in [6.45, 7) is 4.08. The Balaban J connectivity index is 1.35. The summed E-state index contributed by atoms with van der Waals surface area (Å²) in [5.74, 6) is -0.0366. The Kier molecular flexibility index (Phi) is 7.69. The molecule has 4 nitrogen and oxygen atoms in total. The van der Waals surface area contributed by atoms with E-state index in [1.807, 2.05) is 121 Å². The zero-order valence-corrected chi connectivity index (χ0v) is 22.1. The molecule has 0 N–H and O–H groups in total. The van der Waals surface area contributed by atoms with Crippen LogP contribution in [0.3, 0.4) is 0 Å². The summed E-state index contributed by atoms with van der Waals surface area (Å²) in [5.41, 5.74) is 5.74. The fraction of sp³-hybridized carbons (Fsp3) is 0.235. The fourth-order valence-corrected chi connectivity index (χ4v) is 5.45. The number of benzene rings is 4. The maximum absolute atomic E-state index is 13.9. The van der Waals surface area contributed by atoms with Gasteiger partial charge in [0.1, 0.15) is 0 Å². The lowest BCUT2D eigenvalue weighted by Crippen LogP contribution is -2.38. The lowest BCUT2D eigenvalue weighted by atomic mass is 9.80. The molecule has 5 rings (SSSR count). The first-order chi connectivity index (χ1) is 18.5. The summed E-state index contributed by atoms with van der Waals surface area (Å²) in [4.78, 5) is 31.6. The summed E-state index contributed by atoms with van der Waals surface area (Å²) in [5, 5.41) is 0. The molecule has 0 heterocycles. The number of nitrogens with zero attached hydrogens (tertiary/aromatic N) is 2. The lowest BCUT2D eigenvalue weighted by molar-refractivity contribution is -0.127. The van der Waals surface area contributed by atoms with E-state index in [2.05, 4.69) is 12.1 Å². The normalized spacial score (nSPS) is 17.0. The van der Waals surface area contributed by atoms with E-state index in [1.165, 1.54) is 0 Å². The van der Waals surface area contributed by atoms with Crippen molar-refractivity contribution < 1.29 is 9.59 Å². The first-order valence-corrected chi connectivity index (χ1v) is 13.4. The van der Waals surface area contributed by atoms with Gasteiger partial charge in [-0.2, -0.15) is 0 Å². The summed E-state index contributed by atoms with van der Waals surface area (Å²) in [6.07, 6.45) is 2.78. The van der Waals surface area contributed by atoms with Crippen LogP contribution in [0.4, 0.5) is 22.7 Å². The molecule has 1 saturated carbocycles. The van der Waals surface area contributed by atoms with Crippen molar-refractivity contribution in [1.29, 1.82) is 0 Å². The van der Waals surface area contributed by atoms with Gasteiger partial charge in [0.2, 0.25) is 11.8 Å². The van der Waals surface area contributed by atoms with E-state index >= 15 is 0 Å². The number of carbonyl (C=O) groups is 2. The fourth-order valence-electron chi connectivity index (χ4n) is 5.45. The van der Waals surface area contributed by atoms with E-state index in [0.29, 0.717) is 25.7 Å². The van der Waals surface area contributed by atoms with Crippen molar-refractivity contribution in [2.24, 2.45) is 11.8 Å². The van der Waals surface area contributed by atoms with Crippen LogP contribution < -0.4 is 9.80 Å². The Hall–Kier alpha value is -4.18. The smallest absolute Gasteiger partial charge is 0.234 e. The second-order valence-electron chi connectivity index (χ2n) is 10.2. The van der Waals surface area contributed by atoms with Crippen molar-refractivity contribution in [3.63, 3.8) is 0 Å². The van der Waals surface area contributed by atoms with Gasteiger partial charge in [0.05, 0.1) is 0 Å². The molecule has 38 heavy (non-hydrogen) atoms. The largest absolute Gasteiger partial charge is 0.281 e. The van der Waals surface area contributed by atoms with E-state index in [1.54, 1.807) is 0 Å². The van der Waals surface area contributed by atoms with Gasteiger partial charge in [-0.3, -0.25) is 19.4 Å². The minimum Gasteiger partial charge on any atom is -0.281 e. The van der Waals surface area contributed by atoms with Crippen molar-refractivity contribution in [3.8, 4) is 0 Å². The van der Waals surface area contributed by atoms with E-state index in [9.17, 15) is 9.59 Å². The Labute approximate surface area is 225 Å². The lowest BCUT2D eigenvalue weighted by Gasteiger charge is -2.34. The monoisotopic (exact) mass is 502 g/mol. The van der Waals surface area contributed by atoms with Gasteiger partial charge in [0.25, 0.3) is 0 Å². The van der Waals surface area contributed by atoms with Gasteiger partial charge in [0, 0.05) is 34.6 Å². The van der Waals surface area contributed by atoms with Crippen LogP contribution >= 0.6 is 0 Å². The van der Waals surface area contributed by atoms with E-state index in [0.717, 1.165) is 33.9 Å². The second-order valence-corrected chi connectivity index (χ2v) is 10.2. The molecule has 4 aromatic rings. The van der Waals surface area contributed by atoms with Crippen LogP contribution in [0.15, 0.2) is 109 Å². The predicted molar refractivity (Wildman–Crippen MR) is 155 cm³/mol. The molecule has 192 valence electrons. The van der Waals surface area contributed by atoms with Gasteiger partial charge in [-0.1, -0.05) is 60.7 Å². The maximum Gasteiger partial charge on any atom is 0.234 e. The Morgan fingerprint density at radius 3 is 1.18 bits per heavy atom. The first kappa shape index (κ1) is 25.5. The molecule has 4 aromatic carbocycles. The molecule has 0 radical (unpaired) electrons. The quantitative estimate of drug-likeness (QED) is 0.267. The minimum atomic E-state index is -0.121. The van der Waals surface area contributed by atoms with E-state index in [4.69, 9.17) is 0 Å². The SMILES string of the molecule is Cc1cccc(N(C(=O)C2CCC(C(=O)N(c3ccccc3)c3cccc(C)c3)CC2)c2ccccc2)c1. The molecular weight excluding hydrogens is 468 g/mol. The highest BCUT2D eigenvalue weighted by Gasteiger charge is 2.35. The average molecular weight is 503 g/mol. The highest BCUT2D eigenvalue weighted by atomic mass is 16.2. The number of carbonyl (C=O) groups excluding carboxylic acids is 2. The average Bonchev–Trinajstić information content (AvgIpc) is 2.95. The van der Waals surface area contributed by atoms with Crippen LogP contribution in [0.5, 0.6) is 0 Å². The van der Waals surface area contributed by atoms with Crippen LogP contribution in [-0.4, -0.2) is 11.8 Å². The summed E-state index contributed by atoms with van der Waals surface area (Å²) in [7, 11) is 0. The molecular formula is C34H34N2O2.